The molecule has 0 N–H and O–H groups in total. The van der Waals surface area contributed by atoms with E-state index in [9.17, 15) is 14.9 Å². The molecule has 2 aromatic rings. The van der Waals surface area contributed by atoms with Gasteiger partial charge >= 0.3 is 5.69 Å². The summed E-state index contributed by atoms with van der Waals surface area (Å²) >= 11 is 0. The van der Waals surface area contributed by atoms with Gasteiger partial charge in [0.1, 0.15) is 5.75 Å². The molecule has 1 amide bonds. The summed E-state index contributed by atoms with van der Waals surface area (Å²) in [4.78, 5) is 25.7. The maximum Gasteiger partial charge on any atom is 0.311 e. The van der Waals surface area contributed by atoms with Crippen LogP contribution in [0.3, 0.4) is 0 Å². The molecule has 1 saturated heterocycles. The second-order valence-electron chi connectivity index (χ2n) is 6.78. The second kappa shape index (κ2) is 9.38. The molecule has 0 aliphatic carbocycles. The molecule has 1 aliphatic heterocycles. The lowest BCUT2D eigenvalue weighted by molar-refractivity contribution is -0.385. The van der Waals surface area contributed by atoms with Crippen LogP contribution < -0.4 is 9.47 Å². The fourth-order valence-corrected chi connectivity index (χ4v) is 3.44. The van der Waals surface area contributed by atoms with Gasteiger partial charge in [0, 0.05) is 36.9 Å². The van der Waals surface area contributed by atoms with Crippen molar-refractivity contribution in [2.24, 2.45) is 0 Å². The van der Waals surface area contributed by atoms with Crippen molar-refractivity contribution < 1.29 is 23.9 Å². The smallest absolute Gasteiger partial charge is 0.311 e. The van der Waals surface area contributed by atoms with E-state index in [1.165, 1.54) is 19.2 Å². The van der Waals surface area contributed by atoms with E-state index < -0.39 is 4.92 Å². The molecule has 1 fully saturated rings. The van der Waals surface area contributed by atoms with Gasteiger partial charge in [0.15, 0.2) is 5.75 Å². The van der Waals surface area contributed by atoms with Crippen molar-refractivity contribution in [1.29, 1.82) is 0 Å². The molecular formula is C21H24N2O6. The number of nitro benzene ring substituents is 1. The van der Waals surface area contributed by atoms with Crippen LogP contribution in [0.15, 0.2) is 42.5 Å². The summed E-state index contributed by atoms with van der Waals surface area (Å²) in [6.07, 6.45) is 1.77. The first-order chi connectivity index (χ1) is 14.0. The van der Waals surface area contributed by atoms with Crippen LogP contribution in [0.4, 0.5) is 5.69 Å². The van der Waals surface area contributed by atoms with Crippen molar-refractivity contribution in [3.8, 4) is 11.5 Å². The molecule has 8 heteroatoms. The predicted octanol–water partition coefficient (Wildman–Crippen LogP) is 3.43. The van der Waals surface area contributed by atoms with Crippen molar-refractivity contribution in [2.75, 3.05) is 27.4 Å². The second-order valence-corrected chi connectivity index (χ2v) is 6.78. The zero-order chi connectivity index (χ0) is 20.8. The monoisotopic (exact) mass is 400 g/mol. The topological polar surface area (TPSA) is 91.1 Å². The molecule has 1 aliphatic rings. The van der Waals surface area contributed by atoms with Crippen LogP contribution in [0.25, 0.3) is 0 Å². The Labute approximate surface area is 169 Å². The molecule has 154 valence electrons. The summed E-state index contributed by atoms with van der Waals surface area (Å²) in [5, 5.41) is 11.3. The summed E-state index contributed by atoms with van der Waals surface area (Å²) in [7, 11) is 2.94. The van der Waals surface area contributed by atoms with Crippen LogP contribution >= 0.6 is 0 Å². The molecule has 2 aromatic carbocycles. The van der Waals surface area contributed by atoms with Gasteiger partial charge < -0.3 is 19.1 Å². The SMILES string of the molecule is COc1ccccc1CN(CC1CCCO1)C(=O)c1ccc(OC)c([N+](=O)[O-])c1. The zero-order valence-corrected chi connectivity index (χ0v) is 16.5. The van der Waals surface area contributed by atoms with Gasteiger partial charge in [-0.2, -0.15) is 0 Å². The number of hydrogen-bond acceptors (Lipinski definition) is 6. The number of nitro groups is 1. The Kier molecular flexibility index (Phi) is 6.66. The van der Waals surface area contributed by atoms with Gasteiger partial charge in [0.05, 0.1) is 25.2 Å². The van der Waals surface area contributed by atoms with Gasteiger partial charge in [-0.15, -0.1) is 0 Å². The lowest BCUT2D eigenvalue weighted by atomic mass is 10.1. The van der Waals surface area contributed by atoms with Gasteiger partial charge in [-0.05, 0) is 31.0 Å². The first-order valence-electron chi connectivity index (χ1n) is 9.38. The average Bonchev–Trinajstić information content (AvgIpc) is 3.25. The van der Waals surface area contributed by atoms with Gasteiger partial charge in [-0.25, -0.2) is 0 Å². The van der Waals surface area contributed by atoms with E-state index in [0.29, 0.717) is 25.4 Å². The Bertz CT molecular complexity index is 879. The van der Waals surface area contributed by atoms with Gasteiger partial charge in [0.2, 0.25) is 0 Å². The highest BCUT2D eigenvalue weighted by atomic mass is 16.6. The quantitative estimate of drug-likeness (QED) is 0.498. The summed E-state index contributed by atoms with van der Waals surface area (Å²) in [5.41, 5.74) is 0.836. The Balaban J connectivity index is 1.91. The van der Waals surface area contributed by atoms with Crippen molar-refractivity contribution in [3.05, 3.63) is 63.7 Å². The normalized spacial score (nSPS) is 15.7. The Morgan fingerprint density at radius 3 is 2.62 bits per heavy atom. The number of methoxy groups -OCH3 is 2. The fourth-order valence-electron chi connectivity index (χ4n) is 3.44. The highest BCUT2D eigenvalue weighted by Gasteiger charge is 2.26. The number of hydrogen-bond donors (Lipinski definition) is 0. The molecule has 3 rings (SSSR count). The molecular weight excluding hydrogens is 376 g/mol. The first kappa shape index (κ1) is 20.6. The van der Waals surface area contributed by atoms with E-state index in [4.69, 9.17) is 14.2 Å². The minimum atomic E-state index is -0.555. The summed E-state index contributed by atoms with van der Waals surface area (Å²) in [6, 6.07) is 11.7. The molecule has 0 aromatic heterocycles. The minimum Gasteiger partial charge on any atom is -0.496 e. The van der Waals surface area contributed by atoms with Crippen LogP contribution in [-0.2, 0) is 11.3 Å². The Hall–Kier alpha value is -3.13. The van der Waals surface area contributed by atoms with Crippen molar-refractivity contribution in [1.82, 2.24) is 4.90 Å². The third kappa shape index (κ3) is 4.83. The molecule has 1 atom stereocenters. The van der Waals surface area contributed by atoms with Crippen LogP contribution in [0.2, 0.25) is 0 Å². The molecule has 1 heterocycles. The van der Waals surface area contributed by atoms with Crippen LogP contribution in [0, 0.1) is 10.1 Å². The third-order valence-electron chi connectivity index (χ3n) is 4.91. The van der Waals surface area contributed by atoms with Crippen molar-refractivity contribution in [2.45, 2.75) is 25.5 Å². The first-order valence-corrected chi connectivity index (χ1v) is 9.38. The van der Waals surface area contributed by atoms with Crippen LogP contribution in [0.1, 0.15) is 28.8 Å². The molecule has 29 heavy (non-hydrogen) atoms. The molecule has 0 spiro atoms. The predicted molar refractivity (Wildman–Crippen MR) is 106 cm³/mol. The van der Waals surface area contributed by atoms with E-state index in [1.807, 2.05) is 24.3 Å². The van der Waals surface area contributed by atoms with Gasteiger partial charge in [-0.3, -0.25) is 14.9 Å². The van der Waals surface area contributed by atoms with Gasteiger partial charge in [-0.1, -0.05) is 18.2 Å². The van der Waals surface area contributed by atoms with Crippen LogP contribution in [0.5, 0.6) is 11.5 Å². The number of para-hydroxylation sites is 1. The highest BCUT2D eigenvalue weighted by molar-refractivity contribution is 5.95. The zero-order valence-electron chi connectivity index (χ0n) is 16.5. The lowest BCUT2D eigenvalue weighted by Crippen LogP contribution is -2.37. The number of amides is 1. The van der Waals surface area contributed by atoms with Gasteiger partial charge in [0.25, 0.3) is 5.91 Å². The molecule has 8 nitrogen and oxygen atoms in total. The standard InChI is InChI=1S/C21H24N2O6/c1-27-19-8-4-3-6-16(19)13-22(14-17-7-5-11-29-17)21(24)15-9-10-20(28-2)18(12-15)23(25)26/h3-4,6,8-10,12,17H,5,7,11,13-14H2,1-2H3. The summed E-state index contributed by atoms with van der Waals surface area (Å²) in [6.45, 7) is 1.38. The lowest BCUT2D eigenvalue weighted by Gasteiger charge is -2.26. The molecule has 1 unspecified atom stereocenters. The molecule has 0 bridgehead atoms. The van der Waals surface area contributed by atoms with E-state index in [1.54, 1.807) is 18.1 Å². The number of carbonyl (C=O) groups excluding carboxylic acids is 1. The molecule has 0 saturated carbocycles. The van der Waals surface area contributed by atoms with E-state index in [2.05, 4.69) is 0 Å². The minimum absolute atomic E-state index is 0.0538. The Morgan fingerprint density at radius 2 is 1.97 bits per heavy atom. The maximum atomic E-state index is 13.3. The number of ether oxygens (including phenoxy) is 3. The van der Waals surface area contributed by atoms with Crippen molar-refractivity contribution >= 4 is 11.6 Å². The largest absolute Gasteiger partial charge is 0.496 e. The Morgan fingerprint density at radius 1 is 1.21 bits per heavy atom. The number of rotatable bonds is 8. The fraction of sp³-hybridized carbons (Fsp3) is 0.381. The number of benzene rings is 2. The molecule has 0 radical (unpaired) electrons. The van der Waals surface area contributed by atoms with E-state index in [0.717, 1.165) is 18.4 Å². The third-order valence-corrected chi connectivity index (χ3v) is 4.91. The highest BCUT2D eigenvalue weighted by Crippen LogP contribution is 2.29. The number of carbonyl (C=O) groups is 1. The van der Waals surface area contributed by atoms with Crippen LogP contribution in [-0.4, -0.2) is 49.2 Å². The summed E-state index contributed by atoms with van der Waals surface area (Å²) in [5.74, 6) is 0.484. The summed E-state index contributed by atoms with van der Waals surface area (Å²) < 4.78 is 16.1. The average molecular weight is 400 g/mol. The van der Waals surface area contributed by atoms with E-state index >= 15 is 0 Å². The maximum absolute atomic E-state index is 13.3. The number of nitrogens with zero attached hydrogens (tertiary/aromatic N) is 2. The van der Waals surface area contributed by atoms with E-state index in [-0.39, 0.29) is 29.0 Å². The van der Waals surface area contributed by atoms with Crippen molar-refractivity contribution in [3.63, 3.8) is 0 Å².